The number of benzene rings is 1. The smallest absolute Gasteiger partial charge is 0.265 e. The molecular formula is C14H13Br2NO2S. The van der Waals surface area contributed by atoms with E-state index in [0.29, 0.717) is 11.5 Å². The Bertz CT molecular complexity index is 621. The highest BCUT2D eigenvalue weighted by atomic mass is 79.9. The summed E-state index contributed by atoms with van der Waals surface area (Å²) >= 11 is 8.16. The topological polar surface area (TPSA) is 38.3 Å². The van der Waals surface area contributed by atoms with Gasteiger partial charge < -0.3 is 10.1 Å². The van der Waals surface area contributed by atoms with E-state index in [1.54, 1.807) is 6.07 Å². The number of hydrogen-bond acceptors (Lipinski definition) is 3. The highest BCUT2D eigenvalue weighted by Gasteiger charge is 2.13. The highest BCUT2D eigenvalue weighted by molar-refractivity contribution is 9.13. The molecule has 1 heterocycles. The van der Waals surface area contributed by atoms with E-state index in [4.69, 9.17) is 4.74 Å². The van der Waals surface area contributed by atoms with Crippen molar-refractivity contribution in [2.24, 2.45) is 0 Å². The summed E-state index contributed by atoms with van der Waals surface area (Å²) in [5, 5.41) is 2.91. The molecular weight excluding hydrogens is 406 g/mol. The molecule has 1 aromatic heterocycles. The third-order valence-electron chi connectivity index (χ3n) is 2.63. The van der Waals surface area contributed by atoms with Gasteiger partial charge in [0.2, 0.25) is 0 Å². The largest absolute Gasteiger partial charge is 0.494 e. The highest BCUT2D eigenvalue weighted by Crippen LogP contribution is 2.33. The van der Waals surface area contributed by atoms with Crippen LogP contribution in [-0.4, -0.2) is 12.5 Å². The number of rotatable bonds is 4. The van der Waals surface area contributed by atoms with E-state index in [1.807, 2.05) is 32.0 Å². The molecule has 2 rings (SSSR count). The van der Waals surface area contributed by atoms with Crippen molar-refractivity contribution >= 4 is 54.8 Å². The first-order chi connectivity index (χ1) is 9.51. The van der Waals surface area contributed by atoms with Crippen molar-refractivity contribution in [3.05, 3.63) is 43.0 Å². The second kappa shape index (κ2) is 6.74. The molecule has 0 unspecified atom stereocenters. The molecule has 6 heteroatoms. The van der Waals surface area contributed by atoms with E-state index in [0.717, 1.165) is 25.3 Å². The van der Waals surface area contributed by atoms with Crippen LogP contribution in [0.15, 0.2) is 32.5 Å². The van der Waals surface area contributed by atoms with E-state index in [9.17, 15) is 4.79 Å². The fraction of sp³-hybridized carbons (Fsp3) is 0.214. The SMILES string of the molecule is CCOc1ccc(NC(=O)c2cc(Br)c(Br)s2)c(C)c1. The lowest BCUT2D eigenvalue weighted by molar-refractivity contribution is 0.103. The van der Waals surface area contributed by atoms with Gasteiger partial charge >= 0.3 is 0 Å². The molecule has 0 bridgehead atoms. The van der Waals surface area contributed by atoms with Crippen molar-refractivity contribution in [1.82, 2.24) is 0 Å². The Morgan fingerprint density at radius 1 is 1.35 bits per heavy atom. The van der Waals surface area contributed by atoms with E-state index in [1.165, 1.54) is 11.3 Å². The maximum Gasteiger partial charge on any atom is 0.265 e. The lowest BCUT2D eigenvalue weighted by atomic mass is 10.2. The normalized spacial score (nSPS) is 10.4. The minimum atomic E-state index is -0.117. The van der Waals surface area contributed by atoms with Crippen molar-refractivity contribution in [1.29, 1.82) is 0 Å². The third kappa shape index (κ3) is 3.62. The number of carbonyl (C=O) groups is 1. The minimum absolute atomic E-state index is 0.117. The molecule has 1 aromatic carbocycles. The van der Waals surface area contributed by atoms with Crippen molar-refractivity contribution in [3.63, 3.8) is 0 Å². The van der Waals surface area contributed by atoms with Crippen LogP contribution in [0, 0.1) is 6.92 Å². The van der Waals surface area contributed by atoms with Gasteiger partial charge in [0.25, 0.3) is 5.91 Å². The Balaban J connectivity index is 2.15. The number of thiophene rings is 1. The Hall–Kier alpha value is -0.850. The molecule has 106 valence electrons. The Kier molecular flexibility index (Phi) is 5.23. The van der Waals surface area contributed by atoms with Crippen LogP contribution in [0.5, 0.6) is 5.75 Å². The van der Waals surface area contributed by atoms with E-state index >= 15 is 0 Å². The minimum Gasteiger partial charge on any atom is -0.494 e. The van der Waals surface area contributed by atoms with Crippen LogP contribution in [0.25, 0.3) is 0 Å². The molecule has 0 atom stereocenters. The van der Waals surface area contributed by atoms with Gasteiger partial charge in [-0.1, -0.05) is 0 Å². The van der Waals surface area contributed by atoms with Gasteiger partial charge in [0, 0.05) is 10.2 Å². The standard InChI is InChI=1S/C14H13Br2NO2S/c1-3-19-9-4-5-11(8(2)6-9)17-14(18)12-7-10(15)13(16)20-12/h4-7H,3H2,1-2H3,(H,17,18). The molecule has 0 aliphatic carbocycles. The number of ether oxygens (including phenoxy) is 1. The number of amides is 1. The second-order valence-electron chi connectivity index (χ2n) is 4.10. The summed E-state index contributed by atoms with van der Waals surface area (Å²) in [7, 11) is 0. The summed E-state index contributed by atoms with van der Waals surface area (Å²) in [4.78, 5) is 12.8. The predicted octanol–water partition coefficient (Wildman–Crippen LogP) is 5.23. The average molecular weight is 419 g/mol. The van der Waals surface area contributed by atoms with Crippen molar-refractivity contribution < 1.29 is 9.53 Å². The first-order valence-corrected chi connectivity index (χ1v) is 8.41. The van der Waals surface area contributed by atoms with E-state index in [-0.39, 0.29) is 5.91 Å². The number of anilines is 1. The number of aryl methyl sites for hydroxylation is 1. The number of hydrogen-bond donors (Lipinski definition) is 1. The zero-order valence-electron chi connectivity index (χ0n) is 11.0. The molecule has 0 saturated heterocycles. The van der Waals surface area contributed by atoms with E-state index < -0.39 is 0 Å². The summed E-state index contributed by atoms with van der Waals surface area (Å²) in [5.74, 6) is 0.693. The zero-order valence-corrected chi connectivity index (χ0v) is 15.0. The van der Waals surface area contributed by atoms with Gasteiger partial charge in [-0.15, -0.1) is 11.3 Å². The van der Waals surface area contributed by atoms with Crippen LogP contribution < -0.4 is 10.1 Å². The van der Waals surface area contributed by atoms with Gasteiger partial charge in [-0.3, -0.25) is 4.79 Å². The molecule has 0 aliphatic heterocycles. The van der Waals surface area contributed by atoms with Crippen LogP contribution in [-0.2, 0) is 0 Å². The van der Waals surface area contributed by atoms with Crippen LogP contribution in [0.2, 0.25) is 0 Å². The summed E-state index contributed by atoms with van der Waals surface area (Å²) in [6.45, 7) is 4.51. The van der Waals surface area contributed by atoms with Gasteiger partial charge in [-0.25, -0.2) is 0 Å². The molecule has 0 spiro atoms. The van der Waals surface area contributed by atoms with Gasteiger partial charge in [0.15, 0.2) is 0 Å². The van der Waals surface area contributed by atoms with Gasteiger partial charge in [0.05, 0.1) is 15.3 Å². The van der Waals surface area contributed by atoms with Crippen molar-refractivity contribution in [3.8, 4) is 5.75 Å². The summed E-state index contributed by atoms with van der Waals surface area (Å²) in [5.41, 5.74) is 1.76. The molecule has 2 aromatic rings. The average Bonchev–Trinajstić information content (AvgIpc) is 2.73. The van der Waals surface area contributed by atoms with Crippen molar-refractivity contribution in [2.45, 2.75) is 13.8 Å². The van der Waals surface area contributed by atoms with Crippen LogP contribution in [0.1, 0.15) is 22.2 Å². The molecule has 1 N–H and O–H groups in total. The first-order valence-electron chi connectivity index (χ1n) is 6.01. The first kappa shape index (κ1) is 15.5. The Labute approximate surface area is 138 Å². The predicted molar refractivity (Wildman–Crippen MR) is 90.0 cm³/mol. The molecule has 0 fully saturated rings. The summed E-state index contributed by atoms with van der Waals surface area (Å²) < 4.78 is 7.22. The maximum absolute atomic E-state index is 12.2. The van der Waals surface area contributed by atoms with E-state index in [2.05, 4.69) is 37.2 Å². The van der Waals surface area contributed by atoms with Gasteiger partial charge in [0.1, 0.15) is 5.75 Å². The quantitative estimate of drug-likeness (QED) is 0.737. The van der Waals surface area contributed by atoms with Crippen molar-refractivity contribution in [2.75, 3.05) is 11.9 Å². The molecule has 1 amide bonds. The summed E-state index contributed by atoms with van der Waals surface area (Å²) in [6, 6.07) is 7.43. The maximum atomic E-state index is 12.2. The zero-order chi connectivity index (χ0) is 14.7. The van der Waals surface area contributed by atoms with Crippen LogP contribution in [0.3, 0.4) is 0 Å². The second-order valence-corrected chi connectivity index (χ2v) is 7.32. The number of carbonyl (C=O) groups excluding carboxylic acids is 1. The molecule has 0 aliphatic rings. The van der Waals surface area contributed by atoms with Gasteiger partial charge in [-0.2, -0.15) is 0 Å². The Morgan fingerprint density at radius 2 is 2.10 bits per heavy atom. The summed E-state index contributed by atoms with van der Waals surface area (Å²) in [6.07, 6.45) is 0. The lowest BCUT2D eigenvalue weighted by Crippen LogP contribution is -2.11. The fourth-order valence-electron chi connectivity index (χ4n) is 1.68. The molecule has 0 saturated carbocycles. The van der Waals surface area contributed by atoms with Crippen LogP contribution >= 0.6 is 43.2 Å². The Morgan fingerprint density at radius 3 is 2.65 bits per heavy atom. The molecule has 20 heavy (non-hydrogen) atoms. The fourth-order valence-corrected chi connectivity index (χ4v) is 3.61. The van der Waals surface area contributed by atoms with Gasteiger partial charge in [-0.05, 0) is 75.5 Å². The van der Waals surface area contributed by atoms with Crippen LogP contribution in [0.4, 0.5) is 5.69 Å². The monoisotopic (exact) mass is 417 g/mol. The molecule has 0 radical (unpaired) electrons. The molecule has 3 nitrogen and oxygen atoms in total. The number of nitrogens with one attached hydrogen (secondary N) is 1. The third-order valence-corrected chi connectivity index (χ3v) is 5.88. The number of halogens is 2. The lowest BCUT2D eigenvalue weighted by Gasteiger charge is -2.10.